The number of halogens is 2. The SMILES string of the molecule is CC(C)(C)C(Cn1ccnc1)OCc1ccc(Cl)cc1Cl. The van der Waals surface area contributed by atoms with Crippen molar-refractivity contribution in [3.8, 4) is 0 Å². The third-order valence-electron chi connectivity index (χ3n) is 3.36. The molecule has 1 atom stereocenters. The molecule has 1 aromatic heterocycles. The number of rotatable bonds is 5. The maximum atomic E-state index is 6.19. The molecule has 1 unspecified atom stereocenters. The Morgan fingerprint density at radius 2 is 2.05 bits per heavy atom. The van der Waals surface area contributed by atoms with Crippen LogP contribution in [0, 0.1) is 5.41 Å². The molecule has 0 fully saturated rings. The molecule has 3 nitrogen and oxygen atoms in total. The minimum atomic E-state index is 0.0170. The third kappa shape index (κ3) is 4.73. The molecule has 0 radical (unpaired) electrons. The molecule has 0 aliphatic rings. The van der Waals surface area contributed by atoms with Crippen LogP contribution in [0.2, 0.25) is 10.0 Å². The van der Waals surface area contributed by atoms with E-state index >= 15 is 0 Å². The summed E-state index contributed by atoms with van der Waals surface area (Å²) >= 11 is 12.1. The van der Waals surface area contributed by atoms with Crippen LogP contribution in [0.3, 0.4) is 0 Å². The van der Waals surface area contributed by atoms with Gasteiger partial charge in [-0.2, -0.15) is 0 Å². The predicted molar refractivity (Wildman–Crippen MR) is 86.7 cm³/mol. The first-order valence-corrected chi connectivity index (χ1v) is 7.63. The lowest BCUT2D eigenvalue weighted by Gasteiger charge is -2.31. The van der Waals surface area contributed by atoms with E-state index in [-0.39, 0.29) is 11.5 Å². The topological polar surface area (TPSA) is 27.1 Å². The van der Waals surface area contributed by atoms with Gasteiger partial charge >= 0.3 is 0 Å². The average Bonchev–Trinajstić information content (AvgIpc) is 2.87. The standard InChI is InChI=1S/C16H20Cl2N2O/c1-16(2,3)15(9-20-7-6-19-11-20)21-10-12-4-5-13(17)8-14(12)18/h4-8,11,15H,9-10H2,1-3H3. The van der Waals surface area contributed by atoms with Crippen LogP contribution in [-0.2, 0) is 17.9 Å². The Kier molecular flexibility index (Phi) is 5.31. The monoisotopic (exact) mass is 326 g/mol. The van der Waals surface area contributed by atoms with Gasteiger partial charge in [0, 0.05) is 22.4 Å². The Hall–Kier alpha value is -1.03. The fourth-order valence-electron chi connectivity index (χ4n) is 1.99. The van der Waals surface area contributed by atoms with Gasteiger partial charge in [0.05, 0.1) is 25.6 Å². The van der Waals surface area contributed by atoms with E-state index in [1.54, 1.807) is 18.6 Å². The van der Waals surface area contributed by atoms with Gasteiger partial charge in [0.2, 0.25) is 0 Å². The molecule has 5 heteroatoms. The van der Waals surface area contributed by atoms with Crippen LogP contribution < -0.4 is 0 Å². The maximum absolute atomic E-state index is 6.19. The number of benzene rings is 1. The van der Waals surface area contributed by atoms with E-state index in [9.17, 15) is 0 Å². The Labute approximate surface area is 135 Å². The normalized spacial score (nSPS) is 13.4. The summed E-state index contributed by atoms with van der Waals surface area (Å²) in [5.74, 6) is 0. The smallest absolute Gasteiger partial charge is 0.0946 e. The van der Waals surface area contributed by atoms with Gasteiger partial charge in [-0.3, -0.25) is 0 Å². The van der Waals surface area contributed by atoms with Crippen LogP contribution in [0.5, 0.6) is 0 Å². The lowest BCUT2D eigenvalue weighted by molar-refractivity contribution is -0.0380. The molecule has 0 bridgehead atoms. The molecule has 0 aliphatic heterocycles. The number of imidazole rings is 1. The summed E-state index contributed by atoms with van der Waals surface area (Å²) in [6.07, 6.45) is 5.57. The predicted octanol–water partition coefficient (Wildman–Crippen LogP) is 4.82. The second-order valence-corrected chi connectivity index (χ2v) is 7.00. The van der Waals surface area contributed by atoms with Crippen LogP contribution >= 0.6 is 23.2 Å². The minimum absolute atomic E-state index is 0.0170. The van der Waals surface area contributed by atoms with E-state index in [4.69, 9.17) is 27.9 Å². The van der Waals surface area contributed by atoms with Gasteiger partial charge < -0.3 is 9.30 Å². The van der Waals surface area contributed by atoms with E-state index in [0.717, 1.165) is 12.1 Å². The lowest BCUT2D eigenvalue weighted by Crippen LogP contribution is -2.33. The number of aromatic nitrogens is 2. The fourth-order valence-corrected chi connectivity index (χ4v) is 2.45. The first kappa shape index (κ1) is 16.3. The van der Waals surface area contributed by atoms with Crippen molar-refractivity contribution in [2.45, 2.75) is 40.0 Å². The molecule has 21 heavy (non-hydrogen) atoms. The molecule has 0 spiro atoms. The number of hydrogen-bond acceptors (Lipinski definition) is 2. The highest BCUT2D eigenvalue weighted by Crippen LogP contribution is 2.27. The molecule has 0 aliphatic carbocycles. The van der Waals surface area contributed by atoms with Gasteiger partial charge in [-0.15, -0.1) is 0 Å². The molecule has 2 aromatic rings. The molecule has 0 saturated carbocycles. The van der Waals surface area contributed by atoms with E-state index in [0.29, 0.717) is 16.7 Å². The third-order valence-corrected chi connectivity index (χ3v) is 3.94. The number of ether oxygens (including phenoxy) is 1. The fraction of sp³-hybridized carbons (Fsp3) is 0.438. The Morgan fingerprint density at radius 3 is 2.62 bits per heavy atom. The minimum Gasteiger partial charge on any atom is -0.371 e. The van der Waals surface area contributed by atoms with Crippen molar-refractivity contribution < 1.29 is 4.74 Å². The molecule has 114 valence electrons. The van der Waals surface area contributed by atoms with Crippen molar-refractivity contribution in [1.82, 2.24) is 9.55 Å². The maximum Gasteiger partial charge on any atom is 0.0946 e. The summed E-state index contributed by atoms with van der Waals surface area (Å²) in [6, 6.07) is 5.47. The van der Waals surface area contributed by atoms with E-state index in [2.05, 4.69) is 25.8 Å². The largest absolute Gasteiger partial charge is 0.371 e. The van der Waals surface area contributed by atoms with Crippen LogP contribution in [0.15, 0.2) is 36.9 Å². The molecular formula is C16H20Cl2N2O. The summed E-state index contributed by atoms with van der Waals surface area (Å²) in [6.45, 7) is 7.72. The van der Waals surface area contributed by atoms with Crippen molar-refractivity contribution in [2.24, 2.45) is 5.41 Å². The van der Waals surface area contributed by atoms with Crippen LogP contribution in [0.4, 0.5) is 0 Å². The highest BCUT2D eigenvalue weighted by Gasteiger charge is 2.26. The Morgan fingerprint density at radius 1 is 1.29 bits per heavy atom. The molecule has 2 rings (SSSR count). The van der Waals surface area contributed by atoms with Crippen molar-refractivity contribution in [3.63, 3.8) is 0 Å². The highest BCUT2D eigenvalue weighted by molar-refractivity contribution is 6.35. The molecule has 1 aromatic carbocycles. The number of nitrogens with zero attached hydrogens (tertiary/aromatic N) is 2. The lowest BCUT2D eigenvalue weighted by atomic mass is 9.89. The molecule has 0 saturated heterocycles. The van der Waals surface area contributed by atoms with Crippen molar-refractivity contribution >= 4 is 23.2 Å². The highest BCUT2D eigenvalue weighted by atomic mass is 35.5. The zero-order valence-corrected chi connectivity index (χ0v) is 14.0. The van der Waals surface area contributed by atoms with Gasteiger partial charge in [0.25, 0.3) is 0 Å². The Bertz CT molecular complexity index is 576. The van der Waals surface area contributed by atoms with Crippen LogP contribution in [0.1, 0.15) is 26.3 Å². The van der Waals surface area contributed by atoms with Gasteiger partial charge in [0.15, 0.2) is 0 Å². The summed E-state index contributed by atoms with van der Waals surface area (Å²) < 4.78 is 8.14. The number of hydrogen-bond donors (Lipinski definition) is 0. The van der Waals surface area contributed by atoms with Crippen molar-refractivity contribution in [3.05, 3.63) is 52.5 Å². The van der Waals surface area contributed by atoms with Crippen LogP contribution in [0.25, 0.3) is 0 Å². The van der Waals surface area contributed by atoms with Gasteiger partial charge in [0.1, 0.15) is 0 Å². The van der Waals surface area contributed by atoms with E-state index in [1.807, 2.05) is 22.9 Å². The summed E-state index contributed by atoms with van der Waals surface area (Å²) in [5.41, 5.74) is 0.962. The quantitative estimate of drug-likeness (QED) is 0.787. The van der Waals surface area contributed by atoms with Gasteiger partial charge in [-0.05, 0) is 23.1 Å². The molecular weight excluding hydrogens is 307 g/mol. The second kappa shape index (κ2) is 6.82. The molecule has 1 heterocycles. The average molecular weight is 327 g/mol. The van der Waals surface area contributed by atoms with Crippen LogP contribution in [-0.4, -0.2) is 15.7 Å². The Balaban J connectivity index is 2.05. The molecule has 0 N–H and O–H groups in total. The van der Waals surface area contributed by atoms with E-state index in [1.165, 1.54) is 0 Å². The zero-order valence-electron chi connectivity index (χ0n) is 12.5. The first-order chi connectivity index (χ1) is 9.86. The molecule has 0 amide bonds. The summed E-state index contributed by atoms with van der Waals surface area (Å²) in [4.78, 5) is 4.07. The van der Waals surface area contributed by atoms with Gasteiger partial charge in [-0.1, -0.05) is 50.0 Å². The van der Waals surface area contributed by atoms with E-state index < -0.39 is 0 Å². The summed E-state index contributed by atoms with van der Waals surface area (Å²) in [5, 5.41) is 1.27. The second-order valence-electron chi connectivity index (χ2n) is 6.16. The first-order valence-electron chi connectivity index (χ1n) is 6.87. The zero-order chi connectivity index (χ0) is 15.5. The van der Waals surface area contributed by atoms with Crippen molar-refractivity contribution in [1.29, 1.82) is 0 Å². The van der Waals surface area contributed by atoms with Crippen molar-refractivity contribution in [2.75, 3.05) is 0 Å². The van der Waals surface area contributed by atoms with Gasteiger partial charge in [-0.25, -0.2) is 4.98 Å². The summed E-state index contributed by atoms with van der Waals surface area (Å²) in [7, 11) is 0.